The van der Waals surface area contributed by atoms with Crippen LogP contribution in [0, 0.1) is 11.3 Å². The largest absolute Gasteiger partial charge is 0.342 e. The lowest BCUT2D eigenvalue weighted by atomic mass is 10.0. The zero-order valence-corrected chi connectivity index (χ0v) is 10.8. The predicted octanol–water partition coefficient (Wildman–Crippen LogP) is 1.63. The highest BCUT2D eigenvalue weighted by atomic mass is 16.2. The van der Waals surface area contributed by atoms with E-state index in [1.54, 1.807) is 0 Å². The Hall–Kier alpha value is -0.570. The van der Waals surface area contributed by atoms with Crippen LogP contribution in [0.4, 0.5) is 0 Å². The topological polar surface area (TPSA) is 32.3 Å². The second-order valence-electron chi connectivity index (χ2n) is 5.65. The molecule has 0 bridgehead atoms. The number of piperidine rings is 1. The Morgan fingerprint density at radius 3 is 2.50 bits per heavy atom. The molecule has 1 saturated heterocycles. The molecule has 2 atom stereocenters. The van der Waals surface area contributed by atoms with Gasteiger partial charge in [0.25, 0.3) is 0 Å². The summed E-state index contributed by atoms with van der Waals surface area (Å²) in [7, 11) is 2.01. The Morgan fingerprint density at radius 2 is 2.06 bits per heavy atom. The molecule has 0 spiro atoms. The van der Waals surface area contributed by atoms with E-state index in [0.29, 0.717) is 23.3 Å². The Kier molecular flexibility index (Phi) is 3.24. The maximum absolute atomic E-state index is 12.2. The number of rotatable bonds is 3. The highest BCUT2D eigenvalue weighted by molar-refractivity contribution is 5.82. The molecule has 1 saturated carbocycles. The van der Waals surface area contributed by atoms with Gasteiger partial charge in [0.05, 0.1) is 0 Å². The van der Waals surface area contributed by atoms with Crippen LogP contribution in [0.5, 0.6) is 0 Å². The smallest absolute Gasteiger partial charge is 0.226 e. The van der Waals surface area contributed by atoms with Crippen molar-refractivity contribution in [1.29, 1.82) is 0 Å². The van der Waals surface area contributed by atoms with Crippen LogP contribution in [-0.4, -0.2) is 37.0 Å². The highest BCUT2D eigenvalue weighted by Gasteiger charge is 2.54. The molecule has 2 rings (SSSR count). The number of hydrogen-bond acceptors (Lipinski definition) is 2. The van der Waals surface area contributed by atoms with E-state index in [1.165, 1.54) is 0 Å². The van der Waals surface area contributed by atoms with Crippen molar-refractivity contribution < 1.29 is 4.79 Å². The lowest BCUT2D eigenvalue weighted by Gasteiger charge is -2.32. The lowest BCUT2D eigenvalue weighted by Crippen LogP contribution is -2.44. The number of likely N-dealkylation sites (tertiary alicyclic amines) is 1. The monoisotopic (exact) mass is 224 g/mol. The summed E-state index contributed by atoms with van der Waals surface area (Å²) in [6.45, 7) is 6.33. The molecule has 3 heteroatoms. The molecule has 1 aliphatic heterocycles. The van der Waals surface area contributed by atoms with E-state index < -0.39 is 0 Å². The summed E-state index contributed by atoms with van der Waals surface area (Å²) in [4.78, 5) is 14.3. The van der Waals surface area contributed by atoms with E-state index in [1.807, 2.05) is 7.05 Å². The fourth-order valence-corrected chi connectivity index (χ4v) is 2.79. The van der Waals surface area contributed by atoms with Crippen LogP contribution in [0.2, 0.25) is 0 Å². The van der Waals surface area contributed by atoms with Crippen LogP contribution in [0.15, 0.2) is 0 Å². The van der Waals surface area contributed by atoms with Gasteiger partial charge in [-0.3, -0.25) is 4.79 Å². The Balaban J connectivity index is 1.84. The number of hydrogen-bond donors (Lipinski definition) is 1. The molecule has 1 heterocycles. The van der Waals surface area contributed by atoms with E-state index in [4.69, 9.17) is 0 Å². The summed E-state index contributed by atoms with van der Waals surface area (Å²) in [5.74, 6) is 0.738. The van der Waals surface area contributed by atoms with Gasteiger partial charge in [0.1, 0.15) is 0 Å². The Labute approximate surface area is 98.6 Å². The first-order valence-electron chi connectivity index (χ1n) is 6.57. The third-order valence-electron chi connectivity index (χ3n) is 4.67. The second kappa shape index (κ2) is 4.36. The molecule has 0 aromatic carbocycles. The first-order valence-corrected chi connectivity index (χ1v) is 6.57. The van der Waals surface area contributed by atoms with Crippen molar-refractivity contribution in [3.8, 4) is 0 Å². The zero-order valence-electron chi connectivity index (χ0n) is 10.8. The minimum absolute atomic E-state index is 0.316. The molecular weight excluding hydrogens is 200 g/mol. The van der Waals surface area contributed by atoms with Gasteiger partial charge in [-0.1, -0.05) is 13.8 Å². The minimum atomic E-state index is 0.316. The third-order valence-corrected chi connectivity index (χ3v) is 4.67. The number of amides is 1. The molecule has 0 aromatic heterocycles. The van der Waals surface area contributed by atoms with Gasteiger partial charge in [0, 0.05) is 25.0 Å². The normalized spacial score (nSPS) is 35.2. The van der Waals surface area contributed by atoms with Crippen LogP contribution in [0.1, 0.15) is 39.5 Å². The molecule has 3 nitrogen and oxygen atoms in total. The van der Waals surface area contributed by atoms with Crippen LogP contribution in [-0.2, 0) is 4.79 Å². The van der Waals surface area contributed by atoms with E-state index in [0.717, 1.165) is 38.8 Å². The van der Waals surface area contributed by atoms with Crippen LogP contribution < -0.4 is 5.32 Å². The number of carbonyl (C=O) groups excluding carboxylic acids is 1. The minimum Gasteiger partial charge on any atom is -0.342 e. The molecule has 2 aliphatic rings. The Bertz CT molecular complexity index is 271. The summed E-state index contributed by atoms with van der Waals surface area (Å²) in [6, 6.07) is 0.612. The lowest BCUT2D eigenvalue weighted by molar-refractivity contribution is -0.134. The SMILES string of the molecule is CCC1(C)CC1C(=O)N1CCC(NC)CC1. The van der Waals surface area contributed by atoms with Gasteiger partial charge in [-0.15, -0.1) is 0 Å². The van der Waals surface area contributed by atoms with Crippen molar-refractivity contribution in [2.24, 2.45) is 11.3 Å². The molecule has 2 fully saturated rings. The standard InChI is InChI=1S/C13H24N2O/c1-4-13(2)9-11(13)12(16)15-7-5-10(14-3)6-8-15/h10-11,14H,4-9H2,1-3H3. The second-order valence-corrected chi connectivity index (χ2v) is 5.65. The zero-order chi connectivity index (χ0) is 11.8. The molecule has 0 aromatic rings. The summed E-state index contributed by atoms with van der Waals surface area (Å²) >= 11 is 0. The van der Waals surface area contributed by atoms with Crippen molar-refractivity contribution in [2.75, 3.05) is 20.1 Å². The maximum Gasteiger partial charge on any atom is 0.226 e. The summed E-state index contributed by atoms with van der Waals surface area (Å²) in [6.07, 6.45) is 4.46. The predicted molar refractivity (Wildman–Crippen MR) is 65.2 cm³/mol. The van der Waals surface area contributed by atoms with Crippen molar-refractivity contribution in [1.82, 2.24) is 10.2 Å². The molecule has 0 radical (unpaired) electrons. The number of nitrogens with one attached hydrogen (secondary N) is 1. The van der Waals surface area contributed by atoms with Gasteiger partial charge in [0.2, 0.25) is 5.91 Å². The van der Waals surface area contributed by atoms with Gasteiger partial charge in [-0.25, -0.2) is 0 Å². The first kappa shape index (κ1) is 11.9. The van der Waals surface area contributed by atoms with Crippen LogP contribution >= 0.6 is 0 Å². The summed E-state index contributed by atoms with van der Waals surface area (Å²) in [5.41, 5.74) is 0.316. The van der Waals surface area contributed by atoms with Crippen LogP contribution in [0.3, 0.4) is 0 Å². The van der Waals surface area contributed by atoms with E-state index in [-0.39, 0.29) is 0 Å². The van der Waals surface area contributed by atoms with E-state index in [2.05, 4.69) is 24.1 Å². The molecule has 16 heavy (non-hydrogen) atoms. The molecular formula is C13H24N2O. The van der Waals surface area contributed by atoms with E-state index in [9.17, 15) is 4.79 Å². The quantitative estimate of drug-likeness (QED) is 0.790. The molecule has 92 valence electrons. The van der Waals surface area contributed by atoms with Gasteiger partial charge < -0.3 is 10.2 Å². The maximum atomic E-state index is 12.2. The van der Waals surface area contributed by atoms with E-state index >= 15 is 0 Å². The number of nitrogens with zero attached hydrogens (tertiary/aromatic N) is 1. The Morgan fingerprint density at radius 1 is 1.44 bits per heavy atom. The first-order chi connectivity index (χ1) is 7.60. The molecule has 2 unspecified atom stereocenters. The highest BCUT2D eigenvalue weighted by Crippen LogP contribution is 2.55. The van der Waals surface area contributed by atoms with Gasteiger partial charge in [-0.05, 0) is 38.1 Å². The molecule has 1 amide bonds. The van der Waals surface area contributed by atoms with Crippen molar-refractivity contribution >= 4 is 5.91 Å². The molecule has 1 N–H and O–H groups in total. The average molecular weight is 224 g/mol. The van der Waals surface area contributed by atoms with Crippen LogP contribution in [0.25, 0.3) is 0 Å². The van der Waals surface area contributed by atoms with Gasteiger partial charge in [0.15, 0.2) is 0 Å². The van der Waals surface area contributed by atoms with Crippen molar-refractivity contribution in [2.45, 2.75) is 45.6 Å². The summed E-state index contributed by atoms with van der Waals surface area (Å²) in [5, 5.41) is 3.30. The third kappa shape index (κ3) is 2.10. The van der Waals surface area contributed by atoms with Gasteiger partial charge >= 0.3 is 0 Å². The fourth-order valence-electron chi connectivity index (χ4n) is 2.79. The van der Waals surface area contributed by atoms with Crippen molar-refractivity contribution in [3.63, 3.8) is 0 Å². The van der Waals surface area contributed by atoms with Crippen molar-refractivity contribution in [3.05, 3.63) is 0 Å². The molecule has 1 aliphatic carbocycles. The summed E-state index contributed by atoms with van der Waals surface area (Å²) < 4.78 is 0. The average Bonchev–Trinajstić information content (AvgIpc) is 3.02. The van der Waals surface area contributed by atoms with Gasteiger partial charge in [-0.2, -0.15) is 0 Å². The number of carbonyl (C=O) groups is 1. The fraction of sp³-hybridized carbons (Fsp3) is 0.923.